The van der Waals surface area contributed by atoms with Gasteiger partial charge in [-0.05, 0) is 46.7 Å². The summed E-state index contributed by atoms with van der Waals surface area (Å²) in [6.07, 6.45) is 4.10. The molecule has 0 radical (unpaired) electrons. The number of carboxylic acid groups (broad SMARTS) is 1. The zero-order valence-corrected chi connectivity index (χ0v) is 12.9. The lowest BCUT2D eigenvalue weighted by Crippen LogP contribution is -2.40. The Hall–Kier alpha value is -1.10. The fourth-order valence-corrected chi connectivity index (χ4v) is 2.67. The summed E-state index contributed by atoms with van der Waals surface area (Å²) >= 11 is 0. The number of amides is 1. The summed E-state index contributed by atoms with van der Waals surface area (Å²) in [7, 11) is 2.06. The zero-order chi connectivity index (χ0) is 15.1. The molecule has 0 heterocycles. The Labute approximate surface area is 121 Å². The van der Waals surface area contributed by atoms with Crippen molar-refractivity contribution in [2.75, 3.05) is 20.1 Å². The van der Waals surface area contributed by atoms with E-state index in [4.69, 9.17) is 0 Å². The maximum absolute atomic E-state index is 12.1. The second-order valence-corrected chi connectivity index (χ2v) is 6.05. The molecule has 1 amide bonds. The van der Waals surface area contributed by atoms with Crippen LogP contribution in [-0.2, 0) is 9.59 Å². The third-order valence-corrected chi connectivity index (χ3v) is 4.29. The molecule has 2 atom stereocenters. The van der Waals surface area contributed by atoms with Crippen LogP contribution in [0.4, 0.5) is 0 Å². The van der Waals surface area contributed by atoms with Crippen molar-refractivity contribution in [1.82, 2.24) is 10.2 Å². The monoisotopic (exact) mass is 284 g/mol. The summed E-state index contributed by atoms with van der Waals surface area (Å²) in [4.78, 5) is 25.5. The van der Waals surface area contributed by atoms with Crippen molar-refractivity contribution >= 4 is 11.9 Å². The van der Waals surface area contributed by atoms with Crippen LogP contribution in [0.5, 0.6) is 0 Å². The van der Waals surface area contributed by atoms with Gasteiger partial charge in [0.25, 0.3) is 0 Å². The van der Waals surface area contributed by atoms with E-state index in [1.54, 1.807) is 0 Å². The molecule has 1 saturated carbocycles. The summed E-state index contributed by atoms with van der Waals surface area (Å²) in [6.45, 7) is 5.83. The highest BCUT2D eigenvalue weighted by atomic mass is 16.4. The van der Waals surface area contributed by atoms with Gasteiger partial charge in [-0.1, -0.05) is 12.8 Å². The summed E-state index contributed by atoms with van der Waals surface area (Å²) in [5, 5.41) is 12.1. The Balaban J connectivity index is 2.32. The van der Waals surface area contributed by atoms with E-state index in [1.165, 1.54) is 0 Å². The van der Waals surface area contributed by atoms with Crippen LogP contribution in [0.3, 0.4) is 0 Å². The van der Waals surface area contributed by atoms with Gasteiger partial charge in [0.05, 0.1) is 11.8 Å². The molecular weight excluding hydrogens is 256 g/mol. The Bertz CT molecular complexity index is 331. The number of carbonyl (C=O) groups is 2. The van der Waals surface area contributed by atoms with Gasteiger partial charge >= 0.3 is 5.97 Å². The minimum atomic E-state index is -0.829. The first-order valence-electron chi connectivity index (χ1n) is 7.64. The molecule has 0 aromatic rings. The molecule has 0 aromatic heterocycles. The Morgan fingerprint density at radius 1 is 1.25 bits per heavy atom. The van der Waals surface area contributed by atoms with Crippen LogP contribution in [-0.4, -0.2) is 48.1 Å². The van der Waals surface area contributed by atoms with Crippen LogP contribution < -0.4 is 5.32 Å². The molecule has 0 bridgehead atoms. The normalized spacial score (nSPS) is 23.1. The molecule has 0 aromatic carbocycles. The van der Waals surface area contributed by atoms with E-state index in [0.717, 1.165) is 25.8 Å². The Kier molecular flexibility index (Phi) is 6.99. The molecule has 0 saturated heterocycles. The third-order valence-electron chi connectivity index (χ3n) is 4.29. The molecule has 1 fully saturated rings. The van der Waals surface area contributed by atoms with Gasteiger partial charge in [-0.2, -0.15) is 0 Å². The predicted molar refractivity (Wildman–Crippen MR) is 78.5 cm³/mol. The average molecular weight is 284 g/mol. The van der Waals surface area contributed by atoms with Gasteiger partial charge in [-0.15, -0.1) is 0 Å². The van der Waals surface area contributed by atoms with Gasteiger partial charge in [0.15, 0.2) is 0 Å². The van der Waals surface area contributed by atoms with Crippen molar-refractivity contribution in [3.05, 3.63) is 0 Å². The van der Waals surface area contributed by atoms with E-state index in [9.17, 15) is 14.7 Å². The molecule has 0 spiro atoms. The van der Waals surface area contributed by atoms with Crippen molar-refractivity contribution in [2.45, 2.75) is 52.0 Å². The summed E-state index contributed by atoms with van der Waals surface area (Å²) in [5.74, 6) is -1.75. The lowest BCUT2D eigenvalue weighted by Gasteiger charge is -2.27. The summed E-state index contributed by atoms with van der Waals surface area (Å²) in [6, 6.07) is 0.500. The van der Waals surface area contributed by atoms with E-state index in [0.29, 0.717) is 25.4 Å². The SMILES string of the molecule is CC(C)N(C)CCCNC(=O)C1CCCCC1C(=O)O. The highest BCUT2D eigenvalue weighted by Gasteiger charge is 2.35. The fraction of sp³-hybridized carbons (Fsp3) is 0.867. The standard InChI is InChI=1S/C15H28N2O3/c1-11(2)17(3)10-6-9-16-14(18)12-7-4-5-8-13(12)15(19)20/h11-13H,4-10H2,1-3H3,(H,16,18)(H,19,20). The zero-order valence-electron chi connectivity index (χ0n) is 12.9. The van der Waals surface area contributed by atoms with Crippen LogP contribution in [0.1, 0.15) is 46.0 Å². The maximum Gasteiger partial charge on any atom is 0.307 e. The summed E-state index contributed by atoms with van der Waals surface area (Å²) < 4.78 is 0. The number of carbonyl (C=O) groups excluding carboxylic acids is 1. The van der Waals surface area contributed by atoms with Gasteiger partial charge in [0.2, 0.25) is 5.91 Å². The van der Waals surface area contributed by atoms with Crippen LogP contribution in [0.25, 0.3) is 0 Å². The van der Waals surface area contributed by atoms with Gasteiger partial charge in [-0.25, -0.2) is 0 Å². The Morgan fingerprint density at radius 3 is 2.40 bits per heavy atom. The molecule has 1 aliphatic carbocycles. The van der Waals surface area contributed by atoms with Crippen LogP contribution in [0.15, 0.2) is 0 Å². The molecule has 1 aliphatic rings. The van der Waals surface area contributed by atoms with E-state index in [-0.39, 0.29) is 11.8 Å². The third kappa shape index (κ3) is 5.12. The minimum Gasteiger partial charge on any atom is -0.481 e. The molecule has 5 heteroatoms. The predicted octanol–water partition coefficient (Wildman–Crippen LogP) is 1.72. The average Bonchev–Trinajstić information content (AvgIpc) is 2.42. The number of aliphatic carboxylic acids is 1. The molecule has 1 rings (SSSR count). The van der Waals surface area contributed by atoms with Crippen molar-refractivity contribution < 1.29 is 14.7 Å². The molecular formula is C15H28N2O3. The number of rotatable bonds is 7. The van der Waals surface area contributed by atoms with E-state index < -0.39 is 11.9 Å². The van der Waals surface area contributed by atoms with Crippen LogP contribution >= 0.6 is 0 Å². The summed E-state index contributed by atoms with van der Waals surface area (Å²) in [5.41, 5.74) is 0. The van der Waals surface area contributed by atoms with E-state index in [2.05, 4.69) is 31.1 Å². The van der Waals surface area contributed by atoms with Gasteiger partial charge in [0.1, 0.15) is 0 Å². The van der Waals surface area contributed by atoms with Gasteiger partial charge in [0, 0.05) is 12.6 Å². The van der Waals surface area contributed by atoms with Crippen molar-refractivity contribution in [3.63, 3.8) is 0 Å². The van der Waals surface area contributed by atoms with Crippen molar-refractivity contribution in [3.8, 4) is 0 Å². The molecule has 5 nitrogen and oxygen atoms in total. The number of carboxylic acids is 1. The highest BCUT2D eigenvalue weighted by molar-refractivity contribution is 5.84. The highest BCUT2D eigenvalue weighted by Crippen LogP contribution is 2.30. The molecule has 2 unspecified atom stereocenters. The number of nitrogens with one attached hydrogen (secondary N) is 1. The van der Waals surface area contributed by atoms with Crippen molar-refractivity contribution in [2.24, 2.45) is 11.8 Å². The number of nitrogens with zero attached hydrogens (tertiary/aromatic N) is 1. The Morgan fingerprint density at radius 2 is 1.85 bits per heavy atom. The van der Waals surface area contributed by atoms with Gasteiger partial charge in [-0.3, -0.25) is 9.59 Å². The van der Waals surface area contributed by atoms with Crippen molar-refractivity contribution in [1.29, 1.82) is 0 Å². The number of hydrogen-bond acceptors (Lipinski definition) is 3. The largest absolute Gasteiger partial charge is 0.481 e. The minimum absolute atomic E-state index is 0.0794. The number of hydrogen-bond donors (Lipinski definition) is 2. The molecule has 20 heavy (non-hydrogen) atoms. The first-order chi connectivity index (χ1) is 9.43. The molecule has 0 aliphatic heterocycles. The van der Waals surface area contributed by atoms with Crippen LogP contribution in [0.2, 0.25) is 0 Å². The van der Waals surface area contributed by atoms with E-state index >= 15 is 0 Å². The van der Waals surface area contributed by atoms with Crippen LogP contribution in [0, 0.1) is 11.8 Å². The lowest BCUT2D eigenvalue weighted by molar-refractivity contribution is -0.148. The lowest BCUT2D eigenvalue weighted by atomic mass is 9.79. The second kappa shape index (κ2) is 8.25. The molecule has 2 N–H and O–H groups in total. The topological polar surface area (TPSA) is 69.6 Å². The first kappa shape index (κ1) is 17.0. The quantitative estimate of drug-likeness (QED) is 0.698. The smallest absolute Gasteiger partial charge is 0.307 e. The van der Waals surface area contributed by atoms with Gasteiger partial charge < -0.3 is 15.3 Å². The maximum atomic E-state index is 12.1. The first-order valence-corrected chi connectivity index (χ1v) is 7.64. The molecule has 116 valence electrons. The fourth-order valence-electron chi connectivity index (χ4n) is 2.67. The van der Waals surface area contributed by atoms with E-state index in [1.807, 2.05) is 0 Å². The second-order valence-electron chi connectivity index (χ2n) is 6.05.